The minimum atomic E-state index is -5.02. The number of carboxylic acid groups (broad SMARTS) is 1. The number of nitrogens with zero attached hydrogens (tertiary/aromatic N) is 1. The molecule has 5 rings (SSSR count). The van der Waals surface area contributed by atoms with E-state index in [0.29, 0.717) is 64.8 Å². The van der Waals surface area contributed by atoms with Gasteiger partial charge in [0.2, 0.25) is 11.6 Å². The van der Waals surface area contributed by atoms with Crippen LogP contribution in [-0.2, 0) is 33.5 Å². The number of amides is 1. The van der Waals surface area contributed by atoms with Gasteiger partial charge in [-0.2, -0.15) is 13.2 Å². The fourth-order valence-electron chi connectivity index (χ4n) is 7.20. The Bertz CT molecular complexity index is 1250. The van der Waals surface area contributed by atoms with Gasteiger partial charge in [0, 0.05) is 23.9 Å². The van der Waals surface area contributed by atoms with Gasteiger partial charge in [-0.1, -0.05) is 48.5 Å². The van der Waals surface area contributed by atoms with Crippen LogP contribution in [0.2, 0.25) is 0 Å². The number of hydrogen-bond donors (Lipinski definition) is 1. The average molecular weight is 546 g/mol. The van der Waals surface area contributed by atoms with Gasteiger partial charge in [0.25, 0.3) is 0 Å². The molecule has 210 valence electrons. The minimum Gasteiger partial charge on any atom is -0.481 e. The highest BCUT2D eigenvalue weighted by molar-refractivity contribution is 5.81. The summed E-state index contributed by atoms with van der Waals surface area (Å²) in [4.78, 5) is 27.5. The molecule has 0 aromatic heterocycles. The van der Waals surface area contributed by atoms with Crippen LogP contribution in [0, 0.1) is 11.3 Å². The van der Waals surface area contributed by atoms with E-state index in [1.165, 1.54) is 12.1 Å². The second kappa shape index (κ2) is 9.63. The summed E-state index contributed by atoms with van der Waals surface area (Å²) in [5, 5.41) is 9.59. The number of benzene rings is 2. The van der Waals surface area contributed by atoms with Crippen LogP contribution in [0.3, 0.4) is 0 Å². The highest BCUT2D eigenvalue weighted by Crippen LogP contribution is 2.52. The smallest absolute Gasteiger partial charge is 0.426 e. The van der Waals surface area contributed by atoms with Crippen molar-refractivity contribution in [2.24, 2.45) is 11.3 Å². The zero-order valence-electron chi connectivity index (χ0n) is 22.4. The molecule has 1 unspecified atom stereocenters. The number of likely N-dealkylation sites (tertiary alicyclic amines) is 1. The zero-order valence-corrected chi connectivity index (χ0v) is 22.4. The Morgan fingerprint density at radius 1 is 1.00 bits per heavy atom. The number of fused-ring (bicyclic) bond motifs is 3. The fourth-order valence-corrected chi connectivity index (χ4v) is 7.20. The molecule has 1 saturated carbocycles. The first-order valence-corrected chi connectivity index (χ1v) is 13.8. The summed E-state index contributed by atoms with van der Waals surface area (Å²) >= 11 is 0. The zero-order chi connectivity index (χ0) is 28.2. The molecular formula is C31H35F4NO3. The Morgan fingerprint density at radius 3 is 2.28 bits per heavy atom. The maximum Gasteiger partial charge on any atom is 0.426 e. The van der Waals surface area contributed by atoms with Crippen molar-refractivity contribution in [2.45, 2.75) is 88.5 Å². The van der Waals surface area contributed by atoms with Crippen molar-refractivity contribution in [3.8, 4) is 0 Å². The molecule has 3 atom stereocenters. The topological polar surface area (TPSA) is 57.6 Å². The molecule has 0 spiro atoms. The van der Waals surface area contributed by atoms with Crippen LogP contribution in [0.15, 0.2) is 48.5 Å². The average Bonchev–Trinajstić information content (AvgIpc) is 3.27. The summed E-state index contributed by atoms with van der Waals surface area (Å²) in [7, 11) is 0. The molecule has 8 heteroatoms. The molecular weight excluding hydrogens is 510 g/mol. The van der Waals surface area contributed by atoms with Gasteiger partial charge in [0.1, 0.15) is 0 Å². The van der Waals surface area contributed by atoms with Gasteiger partial charge < -0.3 is 10.0 Å². The van der Waals surface area contributed by atoms with E-state index in [9.17, 15) is 32.3 Å². The van der Waals surface area contributed by atoms with Crippen LogP contribution >= 0.6 is 0 Å². The molecule has 1 amide bonds. The lowest BCUT2D eigenvalue weighted by Crippen LogP contribution is -2.51. The van der Waals surface area contributed by atoms with Crippen molar-refractivity contribution in [1.82, 2.24) is 4.90 Å². The minimum absolute atomic E-state index is 0.0517. The maximum absolute atomic E-state index is 14.9. The van der Waals surface area contributed by atoms with Crippen LogP contribution in [-0.4, -0.2) is 40.6 Å². The first-order chi connectivity index (χ1) is 18.3. The van der Waals surface area contributed by atoms with Gasteiger partial charge in [-0.25, -0.2) is 4.39 Å². The van der Waals surface area contributed by atoms with Crippen LogP contribution in [0.1, 0.15) is 74.6 Å². The summed E-state index contributed by atoms with van der Waals surface area (Å²) in [5.41, 5.74) is -2.43. The van der Waals surface area contributed by atoms with E-state index in [-0.39, 0.29) is 17.9 Å². The molecule has 2 aromatic rings. The third-order valence-electron chi connectivity index (χ3n) is 9.82. The molecule has 2 aromatic carbocycles. The van der Waals surface area contributed by atoms with Gasteiger partial charge in [0.15, 0.2) is 0 Å². The van der Waals surface area contributed by atoms with Gasteiger partial charge in [0.05, 0.1) is 5.41 Å². The molecule has 39 heavy (non-hydrogen) atoms. The number of carbonyl (C=O) groups excluding carboxylic acids is 1. The Labute approximate surface area is 226 Å². The van der Waals surface area contributed by atoms with E-state index in [2.05, 4.69) is 0 Å². The number of halogens is 4. The summed E-state index contributed by atoms with van der Waals surface area (Å²) in [6.07, 6.45) is -0.704. The van der Waals surface area contributed by atoms with E-state index in [4.69, 9.17) is 0 Å². The number of aliphatic carboxylic acids is 1. The Hall–Kier alpha value is -2.90. The van der Waals surface area contributed by atoms with Crippen molar-refractivity contribution >= 4 is 11.9 Å². The number of hydrogen-bond acceptors (Lipinski definition) is 2. The van der Waals surface area contributed by atoms with E-state index in [0.717, 1.165) is 16.7 Å². The number of carbonyl (C=O) groups is 2. The predicted molar refractivity (Wildman–Crippen MR) is 139 cm³/mol. The van der Waals surface area contributed by atoms with Crippen LogP contribution in [0.4, 0.5) is 17.6 Å². The first-order valence-electron chi connectivity index (χ1n) is 13.8. The Kier molecular flexibility index (Phi) is 6.83. The molecule has 3 aliphatic rings. The highest BCUT2D eigenvalue weighted by Gasteiger charge is 2.56. The lowest BCUT2D eigenvalue weighted by Gasteiger charge is -2.45. The van der Waals surface area contributed by atoms with E-state index in [1.807, 2.05) is 35.2 Å². The van der Waals surface area contributed by atoms with Gasteiger partial charge in [-0.15, -0.1) is 0 Å². The molecule has 0 radical (unpaired) electrons. The fraction of sp³-hybridized carbons (Fsp3) is 0.548. The number of rotatable bonds is 5. The van der Waals surface area contributed by atoms with Crippen molar-refractivity contribution in [1.29, 1.82) is 0 Å². The van der Waals surface area contributed by atoms with Crippen LogP contribution in [0.5, 0.6) is 0 Å². The highest BCUT2D eigenvalue weighted by atomic mass is 19.4. The van der Waals surface area contributed by atoms with Gasteiger partial charge in [-0.05, 0) is 87.5 Å². The second-order valence-electron chi connectivity index (χ2n) is 12.2. The lowest BCUT2D eigenvalue weighted by molar-refractivity contribution is -0.228. The SMILES string of the molecule is CC1(C(=O)O)CCC(C(=O)N2CC[C@@]3(Cc4ccccc4)c4ccc(C(C)(F)C(F)(F)F)cc4CC[C@@H]23)CC1. The first kappa shape index (κ1) is 27.7. The molecule has 1 aliphatic heterocycles. The van der Waals surface area contributed by atoms with Crippen molar-refractivity contribution in [3.05, 3.63) is 70.8 Å². The third-order valence-corrected chi connectivity index (χ3v) is 9.82. The Morgan fingerprint density at radius 2 is 1.67 bits per heavy atom. The molecule has 1 saturated heterocycles. The predicted octanol–water partition coefficient (Wildman–Crippen LogP) is 6.74. The Balaban J connectivity index is 1.48. The molecule has 1 heterocycles. The second-order valence-corrected chi connectivity index (χ2v) is 12.2. The van der Waals surface area contributed by atoms with Gasteiger partial charge >= 0.3 is 12.1 Å². The number of carboxylic acids is 1. The standard InChI is InChI=1S/C31H35F4NO3/c1-28(27(38)39)14-12-21(13-15-28)26(37)36-17-16-30(19-20-6-4-3-5-7-20)24-10-9-23(29(2,32)31(33,34)35)18-22(24)8-11-25(30)36/h3-7,9-10,18,21,25H,8,11-17,19H2,1-2H3,(H,38,39)/t21?,25-,28?,29?,30-/m1/s1. The van der Waals surface area contributed by atoms with E-state index in [1.54, 1.807) is 13.0 Å². The molecule has 1 N–H and O–H groups in total. The molecule has 0 bridgehead atoms. The maximum atomic E-state index is 14.9. The van der Waals surface area contributed by atoms with Crippen molar-refractivity contribution in [3.63, 3.8) is 0 Å². The quantitative estimate of drug-likeness (QED) is 0.424. The molecule has 4 nitrogen and oxygen atoms in total. The number of aryl methyl sites for hydroxylation is 1. The third kappa shape index (κ3) is 4.63. The number of alkyl halides is 4. The molecule has 2 fully saturated rings. The van der Waals surface area contributed by atoms with Crippen LogP contribution < -0.4 is 0 Å². The molecule has 2 aliphatic carbocycles. The summed E-state index contributed by atoms with van der Waals surface area (Å²) in [5.74, 6) is -1.00. The van der Waals surface area contributed by atoms with Crippen molar-refractivity contribution in [2.75, 3.05) is 6.54 Å². The van der Waals surface area contributed by atoms with Gasteiger partial charge in [-0.3, -0.25) is 9.59 Å². The van der Waals surface area contributed by atoms with Crippen molar-refractivity contribution < 1.29 is 32.3 Å². The normalized spacial score (nSPS) is 30.3. The van der Waals surface area contributed by atoms with Crippen LogP contribution in [0.25, 0.3) is 0 Å². The van der Waals surface area contributed by atoms with E-state index < -0.39 is 34.2 Å². The monoisotopic (exact) mass is 545 g/mol. The summed E-state index contributed by atoms with van der Waals surface area (Å²) < 4.78 is 55.3. The summed E-state index contributed by atoms with van der Waals surface area (Å²) in [6.45, 7) is 2.84. The van der Waals surface area contributed by atoms with E-state index >= 15 is 0 Å². The summed E-state index contributed by atoms with van der Waals surface area (Å²) in [6, 6.07) is 14.0. The largest absolute Gasteiger partial charge is 0.481 e. The lowest BCUT2D eigenvalue weighted by atomic mass is 9.63.